The lowest BCUT2D eigenvalue weighted by atomic mass is 9.99. The molecule has 0 spiro atoms. The smallest absolute Gasteiger partial charge is 0.192 e. The molecular formula is C16H21IN2O. The number of fused-ring (bicyclic) bond motifs is 1. The Morgan fingerprint density at radius 1 is 1.25 bits per heavy atom. The summed E-state index contributed by atoms with van der Waals surface area (Å²) in [7, 11) is 0. The molecule has 4 heteroatoms. The first-order chi connectivity index (χ1) is 9.58. The van der Waals surface area contributed by atoms with Crippen molar-refractivity contribution in [2.24, 2.45) is 0 Å². The zero-order valence-electron chi connectivity index (χ0n) is 12.5. The van der Waals surface area contributed by atoms with Gasteiger partial charge in [0.15, 0.2) is 28.8 Å². The van der Waals surface area contributed by atoms with Crippen LogP contribution in [-0.2, 0) is 0 Å². The summed E-state index contributed by atoms with van der Waals surface area (Å²) < 4.78 is 5.59. The molecule has 0 fully saturated rings. The summed E-state index contributed by atoms with van der Waals surface area (Å²) in [5.41, 5.74) is 3.04. The molecule has 0 aliphatic carbocycles. The van der Waals surface area contributed by atoms with Gasteiger partial charge in [0, 0.05) is 17.0 Å². The predicted molar refractivity (Wildman–Crippen MR) is 91.6 cm³/mol. The number of aromatic nitrogens is 2. The van der Waals surface area contributed by atoms with E-state index in [2.05, 4.69) is 49.8 Å². The summed E-state index contributed by atoms with van der Waals surface area (Å²) in [6.45, 7) is 8.69. The fourth-order valence-electron chi connectivity index (χ4n) is 2.43. The van der Waals surface area contributed by atoms with E-state index in [-0.39, 0.29) is 0 Å². The van der Waals surface area contributed by atoms with E-state index in [0.29, 0.717) is 11.8 Å². The monoisotopic (exact) mass is 384 g/mol. The zero-order valence-corrected chi connectivity index (χ0v) is 14.6. The van der Waals surface area contributed by atoms with Crippen LogP contribution in [0.15, 0.2) is 18.3 Å². The SMILES string of the molecule is CCCC(C)c1ncc2nc(C(C)C)ccc2c1OI. The maximum Gasteiger partial charge on any atom is 0.192 e. The van der Waals surface area contributed by atoms with Gasteiger partial charge in [0.2, 0.25) is 0 Å². The number of pyridine rings is 2. The first kappa shape index (κ1) is 15.5. The van der Waals surface area contributed by atoms with E-state index in [1.54, 1.807) is 0 Å². The van der Waals surface area contributed by atoms with Gasteiger partial charge >= 0.3 is 0 Å². The van der Waals surface area contributed by atoms with Gasteiger partial charge in [-0.1, -0.05) is 34.1 Å². The average Bonchev–Trinajstić information content (AvgIpc) is 2.45. The summed E-state index contributed by atoms with van der Waals surface area (Å²) in [6, 6.07) is 4.19. The summed E-state index contributed by atoms with van der Waals surface area (Å²) in [6.07, 6.45) is 4.14. The van der Waals surface area contributed by atoms with E-state index >= 15 is 0 Å². The molecule has 0 amide bonds. The Morgan fingerprint density at radius 2 is 2.00 bits per heavy atom. The lowest BCUT2D eigenvalue weighted by Gasteiger charge is -2.15. The first-order valence-corrected chi connectivity index (χ1v) is 8.04. The molecule has 20 heavy (non-hydrogen) atoms. The van der Waals surface area contributed by atoms with Crippen molar-refractivity contribution < 1.29 is 3.07 Å². The Kier molecular flexibility index (Phi) is 5.18. The second kappa shape index (κ2) is 6.70. The second-order valence-electron chi connectivity index (χ2n) is 5.56. The Balaban J connectivity index is 2.56. The largest absolute Gasteiger partial charge is 0.425 e. The minimum Gasteiger partial charge on any atom is -0.425 e. The van der Waals surface area contributed by atoms with E-state index in [0.717, 1.165) is 40.9 Å². The molecule has 1 atom stereocenters. The minimum atomic E-state index is 0.402. The highest BCUT2D eigenvalue weighted by molar-refractivity contribution is 14.1. The van der Waals surface area contributed by atoms with Gasteiger partial charge in [-0.2, -0.15) is 0 Å². The average molecular weight is 384 g/mol. The molecule has 2 rings (SSSR count). The number of hydrogen-bond donors (Lipinski definition) is 0. The van der Waals surface area contributed by atoms with Crippen molar-refractivity contribution in [2.45, 2.75) is 52.4 Å². The van der Waals surface area contributed by atoms with E-state index in [4.69, 9.17) is 3.07 Å². The third-order valence-electron chi connectivity index (χ3n) is 3.61. The second-order valence-corrected chi connectivity index (χ2v) is 6.00. The number of rotatable bonds is 5. The molecule has 108 valence electrons. The minimum absolute atomic E-state index is 0.402. The molecule has 2 aromatic rings. The molecule has 0 aliphatic rings. The van der Waals surface area contributed by atoms with Gasteiger partial charge in [-0.05, 0) is 24.5 Å². The Labute approximate surface area is 134 Å². The number of hydrogen-bond acceptors (Lipinski definition) is 3. The Bertz CT molecular complexity index is 598. The van der Waals surface area contributed by atoms with Gasteiger partial charge in [-0.3, -0.25) is 9.97 Å². The van der Waals surface area contributed by atoms with Gasteiger partial charge in [-0.25, -0.2) is 0 Å². The highest BCUT2D eigenvalue weighted by atomic mass is 127. The molecule has 2 heterocycles. The molecule has 0 saturated carbocycles. The molecule has 2 aromatic heterocycles. The third kappa shape index (κ3) is 3.05. The number of nitrogens with zero attached hydrogens (tertiary/aromatic N) is 2. The lowest BCUT2D eigenvalue weighted by Crippen LogP contribution is -2.01. The van der Waals surface area contributed by atoms with Gasteiger partial charge in [-0.15, -0.1) is 0 Å². The third-order valence-corrected chi connectivity index (χ3v) is 4.05. The quantitative estimate of drug-likeness (QED) is 0.649. The summed E-state index contributed by atoms with van der Waals surface area (Å²) in [5.74, 6) is 1.69. The van der Waals surface area contributed by atoms with Crippen LogP contribution in [0.25, 0.3) is 10.9 Å². The van der Waals surface area contributed by atoms with E-state index in [1.807, 2.05) is 29.2 Å². The van der Waals surface area contributed by atoms with Crippen LogP contribution in [0, 0.1) is 0 Å². The fraction of sp³-hybridized carbons (Fsp3) is 0.500. The van der Waals surface area contributed by atoms with Crippen LogP contribution < -0.4 is 3.07 Å². The molecule has 0 bridgehead atoms. The summed E-state index contributed by atoms with van der Waals surface area (Å²) in [5, 5.41) is 1.05. The Morgan fingerprint density at radius 3 is 2.60 bits per heavy atom. The van der Waals surface area contributed by atoms with Crippen LogP contribution in [0.2, 0.25) is 0 Å². The van der Waals surface area contributed by atoms with Crippen molar-refractivity contribution in [3.05, 3.63) is 29.7 Å². The molecule has 0 aromatic carbocycles. The van der Waals surface area contributed by atoms with Crippen LogP contribution >= 0.6 is 23.0 Å². The van der Waals surface area contributed by atoms with Crippen molar-refractivity contribution in [1.82, 2.24) is 9.97 Å². The van der Waals surface area contributed by atoms with E-state index in [9.17, 15) is 0 Å². The van der Waals surface area contributed by atoms with E-state index < -0.39 is 0 Å². The van der Waals surface area contributed by atoms with Crippen molar-refractivity contribution in [3.8, 4) is 5.75 Å². The van der Waals surface area contributed by atoms with Gasteiger partial charge in [0.25, 0.3) is 0 Å². The van der Waals surface area contributed by atoms with Gasteiger partial charge in [0.05, 0.1) is 17.4 Å². The highest BCUT2D eigenvalue weighted by Gasteiger charge is 2.17. The van der Waals surface area contributed by atoms with Crippen LogP contribution in [0.1, 0.15) is 63.8 Å². The number of halogens is 1. The molecular weight excluding hydrogens is 363 g/mol. The van der Waals surface area contributed by atoms with Gasteiger partial charge < -0.3 is 3.07 Å². The van der Waals surface area contributed by atoms with Crippen LogP contribution in [-0.4, -0.2) is 9.97 Å². The Hall–Kier alpha value is -0.910. The van der Waals surface area contributed by atoms with Crippen LogP contribution in [0.4, 0.5) is 0 Å². The van der Waals surface area contributed by atoms with Crippen molar-refractivity contribution in [2.75, 3.05) is 0 Å². The molecule has 0 N–H and O–H groups in total. The van der Waals surface area contributed by atoms with Crippen molar-refractivity contribution in [1.29, 1.82) is 0 Å². The summed E-state index contributed by atoms with van der Waals surface area (Å²) in [4.78, 5) is 9.29. The van der Waals surface area contributed by atoms with Gasteiger partial charge in [0.1, 0.15) is 0 Å². The fourth-order valence-corrected chi connectivity index (χ4v) is 2.89. The molecule has 0 saturated heterocycles. The molecule has 3 nitrogen and oxygen atoms in total. The molecule has 0 radical (unpaired) electrons. The normalized spacial score (nSPS) is 12.9. The van der Waals surface area contributed by atoms with Crippen molar-refractivity contribution in [3.63, 3.8) is 0 Å². The summed E-state index contributed by atoms with van der Waals surface area (Å²) >= 11 is 1.94. The van der Waals surface area contributed by atoms with Crippen LogP contribution in [0.5, 0.6) is 5.75 Å². The zero-order chi connectivity index (χ0) is 14.7. The lowest BCUT2D eigenvalue weighted by molar-refractivity contribution is 0.612. The topological polar surface area (TPSA) is 35.0 Å². The molecule has 0 aliphatic heterocycles. The highest BCUT2D eigenvalue weighted by Crippen LogP contribution is 2.35. The van der Waals surface area contributed by atoms with Crippen molar-refractivity contribution >= 4 is 33.9 Å². The predicted octanol–water partition coefficient (Wildman–Crippen LogP) is 5.39. The maximum atomic E-state index is 5.59. The maximum absolute atomic E-state index is 5.59. The standard InChI is InChI=1S/C16H21IN2O/c1-5-6-11(4)15-16(20-17)12-7-8-13(10(2)3)19-14(12)9-18-15/h7-11H,5-6H2,1-4H3. The molecule has 1 unspecified atom stereocenters. The van der Waals surface area contributed by atoms with Crippen LogP contribution in [0.3, 0.4) is 0 Å². The van der Waals surface area contributed by atoms with E-state index in [1.165, 1.54) is 0 Å². The first-order valence-electron chi connectivity index (χ1n) is 7.16.